The molecule has 0 saturated heterocycles. The van der Waals surface area contributed by atoms with E-state index in [0.717, 1.165) is 21.5 Å². The molecule has 6 nitrogen and oxygen atoms in total. The van der Waals surface area contributed by atoms with E-state index >= 15 is 0 Å². The summed E-state index contributed by atoms with van der Waals surface area (Å²) in [4.78, 5) is 28.5. The lowest BCUT2D eigenvalue weighted by molar-refractivity contribution is -0.123. The van der Waals surface area contributed by atoms with Crippen LogP contribution in [-0.4, -0.2) is 45.1 Å². The molecule has 0 aliphatic carbocycles. The molecule has 29 heavy (non-hydrogen) atoms. The van der Waals surface area contributed by atoms with Crippen molar-refractivity contribution in [2.45, 2.75) is 46.7 Å². The van der Waals surface area contributed by atoms with Crippen LogP contribution >= 0.6 is 11.3 Å². The number of nitrogens with one attached hydrogen (secondary N) is 1. The van der Waals surface area contributed by atoms with Crippen LogP contribution in [-0.2, 0) is 11.3 Å². The second-order valence-electron chi connectivity index (χ2n) is 8.18. The topological polar surface area (TPSA) is 67.2 Å². The minimum atomic E-state index is -0.324. The van der Waals surface area contributed by atoms with Crippen molar-refractivity contribution in [1.82, 2.24) is 20.0 Å². The molecule has 0 radical (unpaired) electrons. The molecule has 0 unspecified atom stereocenters. The molecule has 2 amide bonds. The molecule has 0 saturated carbocycles. The van der Waals surface area contributed by atoms with Crippen molar-refractivity contribution in [1.29, 1.82) is 0 Å². The maximum absolute atomic E-state index is 13.1. The summed E-state index contributed by atoms with van der Waals surface area (Å²) in [5.41, 5.74) is 1.74. The Balaban J connectivity index is 1.82. The molecule has 0 fully saturated rings. The van der Waals surface area contributed by atoms with Gasteiger partial charge in [-0.25, -0.2) is 0 Å². The van der Waals surface area contributed by atoms with Gasteiger partial charge in [-0.3, -0.25) is 14.3 Å². The molecule has 2 heterocycles. The average molecular weight is 413 g/mol. The van der Waals surface area contributed by atoms with E-state index < -0.39 is 0 Å². The highest BCUT2D eigenvalue weighted by molar-refractivity contribution is 7.20. The highest BCUT2D eigenvalue weighted by Crippen LogP contribution is 2.29. The van der Waals surface area contributed by atoms with Gasteiger partial charge in [0.25, 0.3) is 5.91 Å². The van der Waals surface area contributed by atoms with Crippen molar-refractivity contribution >= 4 is 33.4 Å². The molecule has 0 spiro atoms. The van der Waals surface area contributed by atoms with Crippen LogP contribution in [0.3, 0.4) is 0 Å². The van der Waals surface area contributed by atoms with Gasteiger partial charge in [0.1, 0.15) is 4.83 Å². The predicted molar refractivity (Wildman–Crippen MR) is 117 cm³/mol. The van der Waals surface area contributed by atoms with E-state index in [1.54, 1.807) is 4.90 Å². The van der Waals surface area contributed by atoms with Gasteiger partial charge in [0.15, 0.2) is 0 Å². The third kappa shape index (κ3) is 5.03. The van der Waals surface area contributed by atoms with E-state index in [4.69, 9.17) is 0 Å². The van der Waals surface area contributed by atoms with Gasteiger partial charge in [0.05, 0.1) is 23.7 Å². The molecule has 0 atom stereocenters. The van der Waals surface area contributed by atoms with Crippen molar-refractivity contribution in [3.05, 3.63) is 52.5 Å². The quantitative estimate of drug-likeness (QED) is 0.669. The number of carbonyl (C=O) groups excluding carboxylic acids is 2. The summed E-state index contributed by atoms with van der Waals surface area (Å²) < 4.78 is 1.95. The average Bonchev–Trinajstić information content (AvgIpc) is 3.20. The largest absolute Gasteiger partial charge is 0.350 e. The number of likely N-dealkylation sites (N-methyl/N-ethyl adjacent to an activating group) is 1. The smallest absolute Gasteiger partial charge is 0.264 e. The van der Waals surface area contributed by atoms with Gasteiger partial charge in [0, 0.05) is 17.5 Å². The van der Waals surface area contributed by atoms with Crippen LogP contribution in [0, 0.1) is 6.92 Å². The lowest BCUT2D eigenvalue weighted by Gasteiger charge is -2.24. The number of amides is 2. The summed E-state index contributed by atoms with van der Waals surface area (Å²) in [5.74, 6) is -0.274. The zero-order valence-corrected chi connectivity index (χ0v) is 18.5. The van der Waals surface area contributed by atoms with Crippen LogP contribution in [0.2, 0.25) is 0 Å². The molecule has 3 rings (SSSR count). The normalized spacial score (nSPS) is 11.6. The second-order valence-corrected chi connectivity index (χ2v) is 9.21. The molecule has 154 valence electrons. The number of fused-ring (bicyclic) bond motifs is 1. The van der Waals surface area contributed by atoms with Gasteiger partial charge in [0.2, 0.25) is 5.91 Å². The summed E-state index contributed by atoms with van der Waals surface area (Å²) in [6.07, 6.45) is 0. The van der Waals surface area contributed by atoms with Crippen LogP contribution in [0.4, 0.5) is 0 Å². The number of hydrogen-bond acceptors (Lipinski definition) is 4. The lowest BCUT2D eigenvalue weighted by atomic mass is 10.1. The van der Waals surface area contributed by atoms with Crippen molar-refractivity contribution in [3.63, 3.8) is 0 Å². The molecular formula is C22H28N4O2S. The Morgan fingerprint density at radius 3 is 2.52 bits per heavy atom. The Hall–Kier alpha value is -2.67. The molecule has 1 N–H and O–H groups in total. The van der Waals surface area contributed by atoms with E-state index in [1.807, 2.05) is 63.6 Å². The van der Waals surface area contributed by atoms with Crippen LogP contribution in [0.5, 0.6) is 0 Å². The van der Waals surface area contributed by atoms with Gasteiger partial charge in [-0.1, -0.05) is 30.3 Å². The number of thiophene rings is 1. The molecule has 7 heteroatoms. The van der Waals surface area contributed by atoms with Crippen molar-refractivity contribution in [2.75, 3.05) is 13.1 Å². The molecule has 1 aromatic carbocycles. The first kappa shape index (κ1) is 21.0. The monoisotopic (exact) mass is 412 g/mol. The first-order valence-electron chi connectivity index (χ1n) is 9.79. The fraction of sp³-hybridized carbons (Fsp3) is 0.409. The Kier molecular flexibility index (Phi) is 6.07. The molecule has 0 bridgehead atoms. The Bertz CT molecular complexity index is 1010. The van der Waals surface area contributed by atoms with Crippen molar-refractivity contribution in [3.8, 4) is 0 Å². The Morgan fingerprint density at radius 2 is 1.90 bits per heavy atom. The SMILES string of the molecule is CCN(CC(=O)NC(C)(C)C)C(=O)c1cc2c(C)nn(Cc3ccccc3)c2s1. The van der Waals surface area contributed by atoms with Crippen LogP contribution < -0.4 is 5.32 Å². The zero-order valence-electron chi connectivity index (χ0n) is 17.7. The zero-order chi connectivity index (χ0) is 21.2. The van der Waals surface area contributed by atoms with Crippen molar-refractivity contribution in [2.24, 2.45) is 0 Å². The summed E-state index contributed by atoms with van der Waals surface area (Å²) in [6, 6.07) is 12.0. The lowest BCUT2D eigenvalue weighted by Crippen LogP contribution is -2.47. The number of carbonyl (C=O) groups is 2. The summed E-state index contributed by atoms with van der Waals surface area (Å²) in [7, 11) is 0. The first-order valence-corrected chi connectivity index (χ1v) is 10.6. The van der Waals surface area contributed by atoms with E-state index in [1.165, 1.54) is 11.3 Å². The van der Waals surface area contributed by atoms with E-state index in [-0.39, 0.29) is 23.9 Å². The van der Waals surface area contributed by atoms with Crippen LogP contribution in [0.25, 0.3) is 10.2 Å². The molecule has 2 aromatic heterocycles. The van der Waals surface area contributed by atoms with Gasteiger partial charge < -0.3 is 10.2 Å². The van der Waals surface area contributed by atoms with Gasteiger partial charge in [-0.2, -0.15) is 5.10 Å². The summed E-state index contributed by atoms with van der Waals surface area (Å²) >= 11 is 1.43. The number of hydrogen-bond donors (Lipinski definition) is 1. The van der Waals surface area contributed by atoms with Gasteiger partial charge in [-0.05, 0) is 46.2 Å². The Morgan fingerprint density at radius 1 is 1.21 bits per heavy atom. The summed E-state index contributed by atoms with van der Waals surface area (Å²) in [6.45, 7) is 10.8. The predicted octanol–water partition coefficient (Wildman–Crippen LogP) is 3.83. The van der Waals surface area contributed by atoms with Crippen LogP contribution in [0.1, 0.15) is 48.6 Å². The molecular weight excluding hydrogens is 384 g/mol. The van der Waals surface area contributed by atoms with Gasteiger partial charge in [-0.15, -0.1) is 11.3 Å². The molecule has 0 aliphatic rings. The van der Waals surface area contributed by atoms with E-state index in [9.17, 15) is 9.59 Å². The molecule has 0 aliphatic heterocycles. The number of rotatable bonds is 6. The van der Waals surface area contributed by atoms with E-state index in [0.29, 0.717) is 18.0 Å². The number of nitrogens with zero attached hydrogens (tertiary/aromatic N) is 3. The third-order valence-electron chi connectivity index (χ3n) is 4.51. The van der Waals surface area contributed by atoms with Gasteiger partial charge >= 0.3 is 0 Å². The van der Waals surface area contributed by atoms with E-state index in [2.05, 4.69) is 22.5 Å². The minimum Gasteiger partial charge on any atom is -0.350 e. The Labute approximate surface area is 175 Å². The number of aromatic nitrogens is 2. The number of aryl methyl sites for hydroxylation is 1. The second kappa shape index (κ2) is 8.37. The third-order valence-corrected chi connectivity index (χ3v) is 5.65. The number of benzene rings is 1. The fourth-order valence-corrected chi connectivity index (χ4v) is 4.32. The highest BCUT2D eigenvalue weighted by Gasteiger charge is 2.23. The maximum Gasteiger partial charge on any atom is 0.264 e. The fourth-order valence-electron chi connectivity index (χ4n) is 3.20. The van der Waals surface area contributed by atoms with Crippen molar-refractivity contribution < 1.29 is 9.59 Å². The maximum atomic E-state index is 13.1. The van der Waals surface area contributed by atoms with Crippen LogP contribution in [0.15, 0.2) is 36.4 Å². The standard InChI is InChI=1S/C22H28N4O2S/c1-6-25(14-19(27)23-22(3,4)5)20(28)18-12-17-15(2)24-26(21(17)29-18)13-16-10-8-7-9-11-16/h7-12H,6,13-14H2,1-5H3,(H,23,27). The molecule has 3 aromatic rings. The minimum absolute atomic E-state index is 0.0516. The highest BCUT2D eigenvalue weighted by atomic mass is 32.1. The summed E-state index contributed by atoms with van der Waals surface area (Å²) in [5, 5.41) is 8.54. The first-order chi connectivity index (χ1) is 13.7.